The van der Waals surface area contributed by atoms with Crippen LogP contribution in [0.2, 0.25) is 0 Å². The second-order valence-electron chi connectivity index (χ2n) is 13.8. The van der Waals surface area contributed by atoms with E-state index in [0.717, 1.165) is 44.9 Å². The van der Waals surface area contributed by atoms with Crippen LogP contribution in [0.3, 0.4) is 0 Å². The second-order valence-corrected chi connectivity index (χ2v) is 13.8. The summed E-state index contributed by atoms with van der Waals surface area (Å²) in [5, 5.41) is 9.57. The molecule has 0 saturated heterocycles. The molecule has 0 heterocycles. The largest absolute Gasteiger partial charge is 0.477 e. The van der Waals surface area contributed by atoms with E-state index in [0.29, 0.717) is 19.3 Å². The van der Waals surface area contributed by atoms with Crippen LogP contribution < -0.4 is 0 Å². The van der Waals surface area contributed by atoms with Gasteiger partial charge < -0.3 is 23.8 Å². The second kappa shape index (κ2) is 32.5. The predicted molar refractivity (Wildman–Crippen MR) is 201 cm³/mol. The van der Waals surface area contributed by atoms with E-state index in [1.807, 2.05) is 21.1 Å². The Morgan fingerprint density at radius 2 is 1.10 bits per heavy atom. The number of quaternary nitrogens is 1. The number of unbranched alkanes of at least 4 members (excludes halogenated alkanes) is 11. The first-order valence-corrected chi connectivity index (χ1v) is 19.2. The van der Waals surface area contributed by atoms with Crippen LogP contribution in [-0.4, -0.2) is 80.6 Å². The van der Waals surface area contributed by atoms with Gasteiger partial charge in [-0.2, -0.15) is 0 Å². The van der Waals surface area contributed by atoms with Crippen LogP contribution in [0.15, 0.2) is 48.6 Å². The Hall–Kier alpha value is -2.71. The van der Waals surface area contributed by atoms with Gasteiger partial charge in [-0.05, 0) is 51.4 Å². The Morgan fingerprint density at radius 1 is 0.612 bits per heavy atom. The number of likely N-dealkylation sites (N-methyl/N-ethyl adjacent to an activating group) is 1. The molecular formula is C41H72NO7+. The molecule has 0 bridgehead atoms. The van der Waals surface area contributed by atoms with E-state index in [2.05, 4.69) is 62.5 Å². The first-order valence-electron chi connectivity index (χ1n) is 19.2. The van der Waals surface area contributed by atoms with Crippen molar-refractivity contribution in [2.45, 2.75) is 154 Å². The summed E-state index contributed by atoms with van der Waals surface area (Å²) >= 11 is 0. The zero-order chi connectivity index (χ0) is 36.4. The Balaban J connectivity index is 4.51. The van der Waals surface area contributed by atoms with Crippen LogP contribution in [0.4, 0.5) is 0 Å². The molecule has 0 aliphatic carbocycles. The van der Waals surface area contributed by atoms with Crippen LogP contribution in [0.1, 0.15) is 142 Å². The summed E-state index contributed by atoms with van der Waals surface area (Å²) in [6.07, 6.45) is 35.9. The molecule has 0 rings (SSSR count). The van der Waals surface area contributed by atoms with Crippen LogP contribution >= 0.6 is 0 Å². The molecule has 0 aromatic rings. The fourth-order valence-corrected chi connectivity index (χ4v) is 5.20. The van der Waals surface area contributed by atoms with Crippen molar-refractivity contribution in [1.82, 2.24) is 0 Å². The standard InChI is InChI=1S/C41H71NO7/c1-6-8-10-12-14-16-17-18-19-20-21-22-23-24-26-28-30-32-40(44)49-37(35-47-34-33-38(41(45)46)42(3,4)5)36-48-39(43)31-29-27-25-15-13-11-9-7-2/h14,16,18-19,21-22,24,26,37-38H,6-13,15,17,20,23,25,27-36H2,1-5H3/p+1/b16-14+,19-18+,22-21+,26-24+. The minimum Gasteiger partial charge on any atom is -0.477 e. The summed E-state index contributed by atoms with van der Waals surface area (Å²) in [5.41, 5.74) is 0. The maximum Gasteiger partial charge on any atom is 0.362 e. The number of allylic oxidation sites excluding steroid dienone is 8. The van der Waals surface area contributed by atoms with Gasteiger partial charge in [0.1, 0.15) is 6.61 Å². The van der Waals surface area contributed by atoms with E-state index >= 15 is 0 Å². The zero-order valence-electron chi connectivity index (χ0n) is 31.9. The first-order chi connectivity index (χ1) is 23.6. The summed E-state index contributed by atoms with van der Waals surface area (Å²) in [5.74, 6) is -1.55. The Morgan fingerprint density at radius 3 is 1.65 bits per heavy atom. The molecule has 0 amide bonds. The lowest BCUT2D eigenvalue weighted by Crippen LogP contribution is -2.50. The van der Waals surface area contributed by atoms with Crippen molar-refractivity contribution in [2.75, 3.05) is 41.0 Å². The van der Waals surface area contributed by atoms with E-state index in [1.165, 1.54) is 57.8 Å². The van der Waals surface area contributed by atoms with E-state index in [1.54, 1.807) is 0 Å². The van der Waals surface area contributed by atoms with Crippen molar-refractivity contribution in [3.63, 3.8) is 0 Å². The maximum absolute atomic E-state index is 12.6. The molecule has 8 heteroatoms. The number of esters is 2. The fourth-order valence-electron chi connectivity index (χ4n) is 5.20. The Kier molecular flexibility index (Phi) is 30.7. The number of aliphatic carboxylic acids is 1. The molecule has 0 aliphatic rings. The highest BCUT2D eigenvalue weighted by atomic mass is 16.6. The number of hydrogen-bond acceptors (Lipinski definition) is 6. The van der Waals surface area contributed by atoms with Crippen LogP contribution in [0, 0.1) is 0 Å². The predicted octanol–water partition coefficient (Wildman–Crippen LogP) is 9.68. The molecular weight excluding hydrogens is 618 g/mol. The van der Waals surface area contributed by atoms with E-state index < -0.39 is 18.1 Å². The third kappa shape index (κ3) is 31.0. The highest BCUT2D eigenvalue weighted by molar-refractivity contribution is 5.72. The van der Waals surface area contributed by atoms with Crippen molar-refractivity contribution < 1.29 is 38.2 Å². The van der Waals surface area contributed by atoms with Gasteiger partial charge in [0.2, 0.25) is 0 Å². The number of nitrogens with zero attached hydrogens (tertiary/aromatic N) is 1. The third-order valence-electron chi connectivity index (χ3n) is 8.23. The highest BCUT2D eigenvalue weighted by Crippen LogP contribution is 2.12. The zero-order valence-corrected chi connectivity index (χ0v) is 31.9. The van der Waals surface area contributed by atoms with Crippen LogP contribution in [0.5, 0.6) is 0 Å². The molecule has 0 spiro atoms. The van der Waals surface area contributed by atoms with E-state index in [9.17, 15) is 19.5 Å². The number of carbonyl (C=O) groups excluding carboxylic acids is 2. The fraction of sp³-hybridized carbons (Fsp3) is 0.732. The van der Waals surface area contributed by atoms with Crippen molar-refractivity contribution in [3.8, 4) is 0 Å². The normalized spacial score (nSPS) is 13.6. The first kappa shape index (κ1) is 46.3. The molecule has 2 unspecified atom stereocenters. The topological polar surface area (TPSA) is 99.1 Å². The smallest absolute Gasteiger partial charge is 0.362 e. The minimum atomic E-state index is -0.886. The maximum atomic E-state index is 12.6. The van der Waals surface area contributed by atoms with Gasteiger partial charge in [-0.25, -0.2) is 4.79 Å². The Bertz CT molecular complexity index is 948. The monoisotopic (exact) mass is 691 g/mol. The van der Waals surface area contributed by atoms with Crippen molar-refractivity contribution in [2.24, 2.45) is 0 Å². The lowest BCUT2D eigenvalue weighted by molar-refractivity contribution is -0.887. The van der Waals surface area contributed by atoms with Crippen molar-refractivity contribution in [3.05, 3.63) is 48.6 Å². The number of carbonyl (C=O) groups is 3. The summed E-state index contributed by atoms with van der Waals surface area (Å²) in [6.45, 7) is 4.59. The average Bonchev–Trinajstić information content (AvgIpc) is 3.05. The molecule has 0 aromatic carbocycles. The number of rotatable bonds is 33. The molecule has 0 saturated carbocycles. The number of carboxylic acid groups (broad SMARTS) is 1. The van der Waals surface area contributed by atoms with Crippen LogP contribution in [-0.2, 0) is 28.6 Å². The molecule has 0 radical (unpaired) electrons. The summed E-state index contributed by atoms with van der Waals surface area (Å²) in [6, 6.07) is -0.622. The van der Waals surface area contributed by atoms with Gasteiger partial charge >= 0.3 is 17.9 Å². The van der Waals surface area contributed by atoms with E-state index in [-0.39, 0.29) is 42.7 Å². The Labute approximate surface area is 299 Å². The van der Waals surface area contributed by atoms with Gasteiger partial charge in [0, 0.05) is 19.3 Å². The van der Waals surface area contributed by atoms with Crippen LogP contribution in [0.25, 0.3) is 0 Å². The van der Waals surface area contributed by atoms with Gasteiger partial charge in [0.25, 0.3) is 0 Å². The van der Waals surface area contributed by atoms with Gasteiger partial charge in [0.15, 0.2) is 12.1 Å². The van der Waals surface area contributed by atoms with E-state index in [4.69, 9.17) is 14.2 Å². The van der Waals surface area contributed by atoms with Crippen molar-refractivity contribution >= 4 is 17.9 Å². The van der Waals surface area contributed by atoms with Crippen molar-refractivity contribution in [1.29, 1.82) is 0 Å². The van der Waals surface area contributed by atoms with Gasteiger partial charge in [0.05, 0.1) is 34.4 Å². The molecule has 0 aromatic heterocycles. The molecule has 1 N–H and O–H groups in total. The SMILES string of the molecule is CCCCC/C=C/C/C=C/C/C=C/C/C=C/CCCC(=O)OC(COCCC(C(=O)O)[N+](C)(C)C)COC(=O)CCCCCCCCCC. The molecule has 282 valence electrons. The van der Waals surface area contributed by atoms with Gasteiger partial charge in [-0.3, -0.25) is 9.59 Å². The van der Waals surface area contributed by atoms with Gasteiger partial charge in [-0.1, -0.05) is 120 Å². The summed E-state index contributed by atoms with van der Waals surface area (Å²) < 4.78 is 17.1. The number of carboxylic acids is 1. The molecule has 0 fully saturated rings. The summed E-state index contributed by atoms with van der Waals surface area (Å²) in [4.78, 5) is 36.7. The minimum absolute atomic E-state index is 0.0391. The number of ether oxygens (including phenoxy) is 3. The molecule has 49 heavy (non-hydrogen) atoms. The third-order valence-corrected chi connectivity index (χ3v) is 8.23. The molecule has 2 atom stereocenters. The quantitative estimate of drug-likeness (QED) is 0.0317. The average molecular weight is 691 g/mol. The number of hydrogen-bond donors (Lipinski definition) is 1. The lowest BCUT2D eigenvalue weighted by atomic mass is 10.1. The molecule has 8 nitrogen and oxygen atoms in total. The molecule has 0 aliphatic heterocycles. The lowest BCUT2D eigenvalue weighted by Gasteiger charge is -2.31. The van der Waals surface area contributed by atoms with Gasteiger partial charge in [-0.15, -0.1) is 0 Å². The highest BCUT2D eigenvalue weighted by Gasteiger charge is 2.31. The summed E-state index contributed by atoms with van der Waals surface area (Å²) in [7, 11) is 5.49.